The number of ether oxygens (including phenoxy) is 1. The van der Waals surface area contributed by atoms with Gasteiger partial charge in [0, 0.05) is 0 Å². The van der Waals surface area contributed by atoms with Gasteiger partial charge in [0.15, 0.2) is 0 Å². The third-order valence-corrected chi connectivity index (χ3v) is 3.53. The first-order chi connectivity index (χ1) is 9.13. The standard InChI is InChI=1S/C14H17NO4/c1-19-12-8-3-2-7-11(12)15-13(16)9-5-4-6-10(9)14(17)18/h2-3,7-10H,4-6H2,1H3,(H,15,16)(H,17,18)/t9-,10+/m1/s1. The first-order valence-electron chi connectivity index (χ1n) is 6.30. The molecule has 5 nitrogen and oxygen atoms in total. The normalized spacial score (nSPS) is 21.9. The number of rotatable bonds is 4. The van der Waals surface area contributed by atoms with E-state index in [0.29, 0.717) is 24.3 Å². The van der Waals surface area contributed by atoms with Crippen molar-refractivity contribution in [2.75, 3.05) is 12.4 Å². The molecule has 0 bridgehead atoms. The topological polar surface area (TPSA) is 75.6 Å². The Labute approximate surface area is 111 Å². The lowest BCUT2D eigenvalue weighted by molar-refractivity contribution is -0.145. The number of benzene rings is 1. The Hall–Kier alpha value is -2.04. The summed E-state index contributed by atoms with van der Waals surface area (Å²) in [6, 6.07) is 7.09. The molecule has 0 saturated heterocycles. The van der Waals surface area contributed by atoms with E-state index >= 15 is 0 Å². The van der Waals surface area contributed by atoms with Gasteiger partial charge in [-0.2, -0.15) is 0 Å². The number of carbonyl (C=O) groups excluding carboxylic acids is 1. The second-order valence-electron chi connectivity index (χ2n) is 4.67. The molecule has 2 rings (SSSR count). The minimum absolute atomic E-state index is 0.241. The Kier molecular flexibility index (Phi) is 4.04. The maximum atomic E-state index is 12.2. The van der Waals surface area contributed by atoms with E-state index in [1.165, 1.54) is 7.11 Å². The molecule has 1 aliphatic rings. The summed E-state index contributed by atoms with van der Waals surface area (Å²) in [6.45, 7) is 0. The third-order valence-electron chi connectivity index (χ3n) is 3.53. The van der Waals surface area contributed by atoms with Crippen LogP contribution in [0, 0.1) is 11.8 Å². The van der Waals surface area contributed by atoms with Crippen molar-refractivity contribution in [2.45, 2.75) is 19.3 Å². The number of nitrogens with one attached hydrogen (secondary N) is 1. The smallest absolute Gasteiger partial charge is 0.307 e. The van der Waals surface area contributed by atoms with Crippen molar-refractivity contribution in [3.63, 3.8) is 0 Å². The van der Waals surface area contributed by atoms with Crippen LogP contribution < -0.4 is 10.1 Å². The van der Waals surface area contributed by atoms with Crippen molar-refractivity contribution in [1.29, 1.82) is 0 Å². The lowest BCUT2D eigenvalue weighted by Gasteiger charge is -2.16. The molecule has 0 aliphatic heterocycles. The average Bonchev–Trinajstić information content (AvgIpc) is 2.88. The van der Waals surface area contributed by atoms with E-state index in [2.05, 4.69) is 5.32 Å². The summed E-state index contributed by atoms with van der Waals surface area (Å²) in [6.07, 6.45) is 1.97. The predicted molar refractivity (Wildman–Crippen MR) is 70.1 cm³/mol. The second-order valence-corrected chi connectivity index (χ2v) is 4.67. The van der Waals surface area contributed by atoms with Crippen LogP contribution in [0.3, 0.4) is 0 Å². The fourth-order valence-electron chi connectivity index (χ4n) is 2.54. The summed E-state index contributed by atoms with van der Waals surface area (Å²) < 4.78 is 5.15. The van der Waals surface area contributed by atoms with Gasteiger partial charge in [0.05, 0.1) is 24.6 Å². The maximum absolute atomic E-state index is 12.2. The molecule has 0 aromatic heterocycles. The fourth-order valence-corrected chi connectivity index (χ4v) is 2.54. The molecule has 0 unspecified atom stereocenters. The number of carboxylic acid groups (broad SMARTS) is 1. The van der Waals surface area contributed by atoms with Gasteiger partial charge in [0.2, 0.25) is 5.91 Å². The molecule has 1 aromatic rings. The summed E-state index contributed by atoms with van der Waals surface area (Å²) in [4.78, 5) is 23.3. The lowest BCUT2D eigenvalue weighted by Crippen LogP contribution is -2.30. The van der Waals surface area contributed by atoms with Crippen LogP contribution in [-0.2, 0) is 9.59 Å². The number of hydrogen-bond donors (Lipinski definition) is 2. The molecule has 1 aliphatic carbocycles. The molecule has 1 saturated carbocycles. The molecule has 19 heavy (non-hydrogen) atoms. The van der Waals surface area contributed by atoms with E-state index in [1.807, 2.05) is 6.07 Å². The van der Waals surface area contributed by atoms with Gasteiger partial charge in [-0.1, -0.05) is 18.6 Å². The predicted octanol–water partition coefficient (Wildman–Crippen LogP) is 2.13. The zero-order valence-corrected chi connectivity index (χ0v) is 10.8. The van der Waals surface area contributed by atoms with Crippen LogP contribution in [0.1, 0.15) is 19.3 Å². The first-order valence-corrected chi connectivity index (χ1v) is 6.30. The Morgan fingerprint density at radius 2 is 1.95 bits per heavy atom. The summed E-state index contributed by atoms with van der Waals surface area (Å²) in [5.74, 6) is -1.59. The van der Waals surface area contributed by atoms with Crippen molar-refractivity contribution in [2.24, 2.45) is 11.8 Å². The fraction of sp³-hybridized carbons (Fsp3) is 0.429. The number of carbonyl (C=O) groups is 2. The zero-order valence-electron chi connectivity index (χ0n) is 10.8. The van der Waals surface area contributed by atoms with Crippen LogP contribution in [0.4, 0.5) is 5.69 Å². The van der Waals surface area contributed by atoms with Gasteiger partial charge in [-0.05, 0) is 25.0 Å². The molecule has 1 amide bonds. The second kappa shape index (κ2) is 5.73. The number of carboxylic acids is 1. The summed E-state index contributed by atoms with van der Waals surface area (Å²) in [7, 11) is 1.53. The minimum atomic E-state index is -0.891. The molecule has 5 heteroatoms. The first kappa shape index (κ1) is 13.4. The molecule has 0 radical (unpaired) electrons. The van der Waals surface area contributed by atoms with Crippen LogP contribution >= 0.6 is 0 Å². The van der Waals surface area contributed by atoms with Crippen LogP contribution in [0.5, 0.6) is 5.75 Å². The maximum Gasteiger partial charge on any atom is 0.307 e. The van der Waals surface area contributed by atoms with Gasteiger partial charge in [-0.15, -0.1) is 0 Å². The Morgan fingerprint density at radius 1 is 1.26 bits per heavy atom. The number of para-hydroxylation sites is 2. The molecule has 2 atom stereocenters. The van der Waals surface area contributed by atoms with E-state index in [-0.39, 0.29) is 5.91 Å². The van der Waals surface area contributed by atoms with Gasteiger partial charge >= 0.3 is 5.97 Å². The number of amides is 1. The van der Waals surface area contributed by atoms with Gasteiger partial charge in [0.1, 0.15) is 5.75 Å². The Balaban J connectivity index is 2.10. The molecule has 1 aromatic carbocycles. The SMILES string of the molecule is COc1ccccc1NC(=O)[C@@H]1CCC[C@@H]1C(=O)O. The van der Waals surface area contributed by atoms with Crippen LogP contribution in [-0.4, -0.2) is 24.1 Å². The molecule has 0 heterocycles. The van der Waals surface area contributed by atoms with E-state index in [9.17, 15) is 9.59 Å². The van der Waals surface area contributed by atoms with E-state index in [1.54, 1.807) is 18.2 Å². The Bertz CT molecular complexity index is 486. The summed E-state index contributed by atoms with van der Waals surface area (Å²) >= 11 is 0. The molecule has 1 fully saturated rings. The molecule has 0 spiro atoms. The van der Waals surface area contributed by atoms with E-state index < -0.39 is 17.8 Å². The lowest BCUT2D eigenvalue weighted by atomic mass is 9.95. The number of methoxy groups -OCH3 is 1. The highest BCUT2D eigenvalue weighted by Crippen LogP contribution is 2.33. The van der Waals surface area contributed by atoms with E-state index in [0.717, 1.165) is 6.42 Å². The van der Waals surface area contributed by atoms with Crippen molar-refractivity contribution in [3.8, 4) is 5.75 Å². The van der Waals surface area contributed by atoms with Crippen LogP contribution in [0.25, 0.3) is 0 Å². The quantitative estimate of drug-likeness (QED) is 0.872. The number of aliphatic carboxylic acids is 1. The van der Waals surface area contributed by atoms with Gasteiger partial charge in [-0.3, -0.25) is 9.59 Å². The molecular weight excluding hydrogens is 246 g/mol. The highest BCUT2D eigenvalue weighted by atomic mass is 16.5. The monoisotopic (exact) mass is 263 g/mol. The molecule has 2 N–H and O–H groups in total. The Morgan fingerprint density at radius 3 is 2.63 bits per heavy atom. The van der Waals surface area contributed by atoms with Gasteiger partial charge in [-0.25, -0.2) is 0 Å². The van der Waals surface area contributed by atoms with Crippen molar-refractivity contribution in [3.05, 3.63) is 24.3 Å². The third kappa shape index (κ3) is 2.86. The number of anilines is 1. The average molecular weight is 263 g/mol. The zero-order chi connectivity index (χ0) is 13.8. The molecular formula is C14H17NO4. The largest absolute Gasteiger partial charge is 0.495 e. The highest BCUT2D eigenvalue weighted by molar-refractivity contribution is 5.96. The summed E-state index contributed by atoms with van der Waals surface area (Å²) in [5.41, 5.74) is 0.575. The molecule has 102 valence electrons. The van der Waals surface area contributed by atoms with Crippen molar-refractivity contribution >= 4 is 17.6 Å². The van der Waals surface area contributed by atoms with Crippen LogP contribution in [0.2, 0.25) is 0 Å². The van der Waals surface area contributed by atoms with E-state index in [4.69, 9.17) is 9.84 Å². The van der Waals surface area contributed by atoms with Gasteiger partial charge in [0.25, 0.3) is 0 Å². The van der Waals surface area contributed by atoms with Gasteiger partial charge < -0.3 is 15.2 Å². The van der Waals surface area contributed by atoms with Crippen molar-refractivity contribution in [1.82, 2.24) is 0 Å². The summed E-state index contributed by atoms with van der Waals surface area (Å²) in [5, 5.41) is 11.9. The number of hydrogen-bond acceptors (Lipinski definition) is 3. The van der Waals surface area contributed by atoms with Crippen molar-refractivity contribution < 1.29 is 19.4 Å². The van der Waals surface area contributed by atoms with Crippen LogP contribution in [0.15, 0.2) is 24.3 Å². The minimum Gasteiger partial charge on any atom is -0.495 e. The highest BCUT2D eigenvalue weighted by Gasteiger charge is 2.37.